The fourth-order valence-electron chi connectivity index (χ4n) is 7.87. The monoisotopic (exact) mass is 768 g/mol. The number of hydrogen-bond donors (Lipinski definition) is 4. The number of aliphatic carboxylic acids is 1. The van der Waals surface area contributed by atoms with Gasteiger partial charge < -0.3 is 10.0 Å². The third-order valence-corrected chi connectivity index (χ3v) is 12.9. The van der Waals surface area contributed by atoms with E-state index in [1.54, 1.807) is 25.7 Å². The summed E-state index contributed by atoms with van der Waals surface area (Å²) >= 11 is 0. The summed E-state index contributed by atoms with van der Waals surface area (Å²) in [4.78, 5) is 45.4. The van der Waals surface area contributed by atoms with Crippen LogP contribution in [-0.2, 0) is 55.6 Å². The number of benzene rings is 2. The van der Waals surface area contributed by atoms with Gasteiger partial charge >= 0.3 is 5.97 Å². The Labute approximate surface area is 296 Å². The molecule has 0 amide bonds. The number of unbranched alkanes of at least 4 members (excludes halogenated alkanes) is 3. The molecule has 15 nitrogen and oxygen atoms in total. The second kappa shape index (κ2) is 13.5. The number of rotatable bonds is 15. The lowest BCUT2D eigenvalue weighted by molar-refractivity contribution is -0.149. The number of carbonyl (C=O) groups excluding carboxylic acids is 2. The van der Waals surface area contributed by atoms with E-state index in [1.165, 1.54) is 36.4 Å². The number of aliphatic imine (C=N–C) groups is 1. The van der Waals surface area contributed by atoms with Crippen LogP contribution in [0.3, 0.4) is 0 Å². The predicted octanol–water partition coefficient (Wildman–Crippen LogP) is 3.78. The number of Topliss-reactive ketones (excluding diaryl/α,β-unsaturated/α-hetero) is 2. The molecule has 5 rings (SSSR count). The summed E-state index contributed by atoms with van der Waals surface area (Å²) in [6.45, 7) is 5.26. The van der Waals surface area contributed by atoms with Crippen LogP contribution in [0, 0.1) is 11.8 Å². The van der Waals surface area contributed by atoms with Crippen molar-refractivity contribution in [1.82, 2.24) is 0 Å². The van der Waals surface area contributed by atoms with Crippen LogP contribution in [0.25, 0.3) is 0 Å². The van der Waals surface area contributed by atoms with Crippen molar-refractivity contribution in [3.05, 3.63) is 47.5 Å². The largest absolute Gasteiger partial charge is 0.481 e. The SMILES string of the molecule is CC1(C)C(C2C(=O)C(C3N(CCCCS(=O)(=O)O)c4ccc(S(=O)(=O)O)cc4C3(C)CCCCCC(=O)O)C2=O)=Nc2ccc(S(=O)(=O)O)cc21. The molecule has 0 aromatic heterocycles. The van der Waals surface area contributed by atoms with E-state index in [2.05, 4.69) is 4.99 Å². The normalized spacial score (nSPS) is 24.2. The van der Waals surface area contributed by atoms with E-state index in [9.17, 15) is 53.3 Å². The van der Waals surface area contributed by atoms with E-state index in [1.807, 2.05) is 0 Å². The first-order valence-electron chi connectivity index (χ1n) is 16.3. The quantitative estimate of drug-likeness (QED) is 0.114. The van der Waals surface area contributed by atoms with Crippen LogP contribution in [-0.4, -0.2) is 85.6 Å². The Morgan fingerprint density at radius 2 is 1.39 bits per heavy atom. The molecular formula is C33H40N2O13S3. The third-order valence-electron chi connectivity index (χ3n) is 10.4. The van der Waals surface area contributed by atoms with Crippen LogP contribution in [0.4, 0.5) is 11.4 Å². The fraction of sp³-hybridized carbons (Fsp3) is 0.515. The predicted molar refractivity (Wildman–Crippen MR) is 184 cm³/mol. The van der Waals surface area contributed by atoms with Crippen molar-refractivity contribution in [2.24, 2.45) is 16.8 Å². The van der Waals surface area contributed by atoms with Crippen molar-refractivity contribution >= 4 is 65.0 Å². The van der Waals surface area contributed by atoms with E-state index in [0.29, 0.717) is 48.2 Å². The van der Waals surface area contributed by atoms with Gasteiger partial charge in [-0.1, -0.05) is 33.6 Å². The Bertz CT molecular complexity index is 2150. The van der Waals surface area contributed by atoms with E-state index >= 15 is 0 Å². The highest BCUT2D eigenvalue weighted by Gasteiger charge is 2.64. The molecule has 0 radical (unpaired) electrons. The maximum Gasteiger partial charge on any atom is 0.303 e. The molecule has 0 bridgehead atoms. The molecule has 1 aliphatic carbocycles. The number of nitrogens with zero attached hydrogens (tertiary/aromatic N) is 2. The minimum absolute atomic E-state index is 0.0381. The van der Waals surface area contributed by atoms with Crippen molar-refractivity contribution in [3.63, 3.8) is 0 Å². The second-order valence-corrected chi connectivity index (χ2v) is 18.6. The molecule has 51 heavy (non-hydrogen) atoms. The zero-order valence-electron chi connectivity index (χ0n) is 28.1. The first-order chi connectivity index (χ1) is 23.5. The molecular weight excluding hydrogens is 729 g/mol. The minimum atomic E-state index is -4.67. The average Bonchev–Trinajstić information content (AvgIpc) is 3.40. The van der Waals surface area contributed by atoms with E-state index < -0.39 is 87.2 Å². The Morgan fingerprint density at radius 1 is 0.804 bits per heavy atom. The second-order valence-electron chi connectivity index (χ2n) is 14.1. The highest BCUT2D eigenvalue weighted by atomic mass is 32.2. The number of carboxylic acid groups (broad SMARTS) is 1. The lowest BCUT2D eigenvalue weighted by Gasteiger charge is -2.47. The van der Waals surface area contributed by atoms with Crippen LogP contribution in [0.2, 0.25) is 0 Å². The van der Waals surface area contributed by atoms with Crippen LogP contribution >= 0.6 is 0 Å². The summed E-state index contributed by atoms with van der Waals surface area (Å²) < 4.78 is 99.9. The highest BCUT2D eigenvalue weighted by Crippen LogP contribution is 2.55. The van der Waals surface area contributed by atoms with Crippen molar-refractivity contribution in [1.29, 1.82) is 0 Å². The van der Waals surface area contributed by atoms with Gasteiger partial charge in [0.05, 0.1) is 33.2 Å². The number of fused-ring (bicyclic) bond motifs is 2. The molecule has 18 heteroatoms. The van der Waals surface area contributed by atoms with Gasteiger partial charge in [-0.2, -0.15) is 25.3 Å². The Kier molecular flexibility index (Phi) is 10.2. The number of carboxylic acids is 1. The van der Waals surface area contributed by atoms with Gasteiger partial charge in [0.25, 0.3) is 30.4 Å². The minimum Gasteiger partial charge on any atom is -0.481 e. The van der Waals surface area contributed by atoms with Gasteiger partial charge in [0.1, 0.15) is 5.92 Å². The van der Waals surface area contributed by atoms with Gasteiger partial charge in [-0.15, -0.1) is 0 Å². The maximum atomic E-state index is 14.4. The van der Waals surface area contributed by atoms with Gasteiger partial charge in [-0.05, 0) is 73.2 Å². The fourth-order valence-corrected chi connectivity index (χ4v) is 9.45. The molecule has 3 aliphatic rings. The molecule has 2 aliphatic heterocycles. The van der Waals surface area contributed by atoms with E-state index in [0.717, 1.165) is 0 Å². The Balaban J connectivity index is 1.54. The molecule has 278 valence electrons. The third kappa shape index (κ3) is 7.39. The summed E-state index contributed by atoms with van der Waals surface area (Å²) in [6, 6.07) is 6.85. The summed E-state index contributed by atoms with van der Waals surface area (Å²) in [5.41, 5.74) is -0.329. The van der Waals surface area contributed by atoms with Gasteiger partial charge in [0.2, 0.25) is 0 Å². The van der Waals surface area contributed by atoms with Crippen LogP contribution in [0.5, 0.6) is 0 Å². The first kappa shape index (κ1) is 38.7. The standard InChI is InChI=1S/C33H40N2O13S3/c1-32(2)21-17-19(50(43,44)45)10-12-23(21)34-30(32)26-28(38)27(29(26)39)31-33(3,14-6-4-5-9-25(36)37)22-18-20(51(46,47)48)11-13-24(22)35(31)15-7-8-16-49(40,41)42/h10-13,17-18,26-27,31H,4-9,14-16H2,1-3H3,(H,36,37)(H,40,41,42)(H,43,44,45)(H,46,47,48). The molecule has 1 saturated carbocycles. The smallest absolute Gasteiger partial charge is 0.303 e. The van der Waals surface area contributed by atoms with Gasteiger partial charge in [0, 0.05) is 35.2 Å². The van der Waals surface area contributed by atoms with E-state index in [-0.39, 0.29) is 36.4 Å². The number of anilines is 1. The zero-order chi connectivity index (χ0) is 37.9. The average molecular weight is 769 g/mol. The number of ketones is 2. The maximum absolute atomic E-state index is 14.4. The van der Waals surface area contributed by atoms with Crippen molar-refractivity contribution in [2.75, 3.05) is 17.2 Å². The van der Waals surface area contributed by atoms with Crippen molar-refractivity contribution in [3.8, 4) is 0 Å². The number of carbonyl (C=O) groups is 3. The molecule has 0 saturated heterocycles. The van der Waals surface area contributed by atoms with Crippen molar-refractivity contribution < 1.29 is 58.4 Å². The highest BCUT2D eigenvalue weighted by molar-refractivity contribution is 7.86. The van der Waals surface area contributed by atoms with E-state index in [4.69, 9.17) is 5.11 Å². The summed E-state index contributed by atoms with van der Waals surface area (Å²) in [5.74, 6) is -4.98. The summed E-state index contributed by atoms with van der Waals surface area (Å²) in [7, 11) is -13.5. The molecule has 1 fully saturated rings. The first-order valence-corrected chi connectivity index (χ1v) is 20.8. The summed E-state index contributed by atoms with van der Waals surface area (Å²) in [5, 5.41) is 9.11. The molecule has 2 aromatic carbocycles. The lowest BCUT2D eigenvalue weighted by atomic mass is 9.57. The molecule has 2 aromatic rings. The zero-order valence-corrected chi connectivity index (χ0v) is 30.6. The topological polar surface area (TPSA) is 250 Å². The van der Waals surface area contributed by atoms with Gasteiger partial charge in [-0.3, -0.25) is 33.0 Å². The van der Waals surface area contributed by atoms with Crippen LogP contribution in [0.15, 0.2) is 51.2 Å². The number of hydrogen-bond acceptors (Lipinski definition) is 11. The Morgan fingerprint density at radius 3 is 1.96 bits per heavy atom. The molecule has 2 heterocycles. The molecule has 0 spiro atoms. The van der Waals surface area contributed by atoms with Crippen LogP contribution < -0.4 is 4.90 Å². The van der Waals surface area contributed by atoms with Gasteiger partial charge in [-0.25, -0.2) is 0 Å². The van der Waals surface area contributed by atoms with Gasteiger partial charge in [0.15, 0.2) is 11.6 Å². The summed E-state index contributed by atoms with van der Waals surface area (Å²) in [6.07, 6.45) is 1.72. The van der Waals surface area contributed by atoms with Crippen molar-refractivity contribution in [2.45, 2.75) is 92.4 Å². The molecule has 2 atom stereocenters. The Hall–Kier alpha value is -3.55. The van der Waals surface area contributed by atoms with Crippen LogP contribution in [0.1, 0.15) is 76.8 Å². The lowest BCUT2D eigenvalue weighted by Crippen LogP contribution is -2.65. The molecule has 4 N–H and O–H groups in total. The molecule has 2 unspecified atom stereocenters.